The van der Waals surface area contributed by atoms with Crippen molar-refractivity contribution < 1.29 is 0 Å². The lowest BCUT2D eigenvalue weighted by Gasteiger charge is -2.09. The normalized spacial score (nSPS) is 11.4. The molecule has 0 aliphatic carbocycles. The third kappa shape index (κ3) is 1.51. The standard InChI is InChI=1S/C14H14N4O2/c1-7-5-6-9-10(8(7)2)16-12-11(15-9)13(19)18(4)14(20)17(12)3/h5-6H,1-4H3. The lowest BCUT2D eigenvalue weighted by atomic mass is 10.1. The molecule has 0 radical (unpaired) electrons. The van der Waals surface area contributed by atoms with Gasteiger partial charge in [0.1, 0.15) is 0 Å². The Kier molecular flexibility index (Phi) is 2.50. The highest BCUT2D eigenvalue weighted by molar-refractivity contribution is 5.86. The number of hydrogen-bond donors (Lipinski definition) is 0. The maximum atomic E-state index is 12.1. The summed E-state index contributed by atoms with van der Waals surface area (Å²) in [6.45, 7) is 3.95. The van der Waals surface area contributed by atoms with Gasteiger partial charge in [0, 0.05) is 14.1 Å². The van der Waals surface area contributed by atoms with Crippen LogP contribution in [0.1, 0.15) is 11.1 Å². The van der Waals surface area contributed by atoms with Gasteiger partial charge >= 0.3 is 5.69 Å². The van der Waals surface area contributed by atoms with Crippen LogP contribution in [-0.4, -0.2) is 19.1 Å². The summed E-state index contributed by atoms with van der Waals surface area (Å²) in [6.07, 6.45) is 0. The van der Waals surface area contributed by atoms with Crippen LogP contribution in [0.25, 0.3) is 22.2 Å². The predicted octanol–water partition coefficient (Wildman–Crippen LogP) is 0.797. The Labute approximate surface area is 114 Å². The second-order valence-corrected chi connectivity index (χ2v) is 4.98. The second kappa shape index (κ2) is 4.00. The van der Waals surface area contributed by atoms with Gasteiger partial charge in [-0.2, -0.15) is 0 Å². The third-order valence-corrected chi connectivity index (χ3v) is 3.74. The van der Waals surface area contributed by atoms with Gasteiger partial charge in [-0.25, -0.2) is 14.8 Å². The first-order valence-electron chi connectivity index (χ1n) is 6.25. The molecular formula is C14H14N4O2. The topological polar surface area (TPSA) is 69.8 Å². The van der Waals surface area contributed by atoms with E-state index in [0.717, 1.165) is 21.2 Å². The molecule has 6 heteroatoms. The van der Waals surface area contributed by atoms with E-state index in [0.29, 0.717) is 11.2 Å². The summed E-state index contributed by atoms with van der Waals surface area (Å²) in [5, 5.41) is 0. The molecule has 0 aliphatic heterocycles. The Morgan fingerprint density at radius 3 is 2.35 bits per heavy atom. The van der Waals surface area contributed by atoms with E-state index in [1.165, 1.54) is 11.6 Å². The Morgan fingerprint density at radius 1 is 0.950 bits per heavy atom. The first-order valence-corrected chi connectivity index (χ1v) is 6.25. The molecule has 0 saturated carbocycles. The number of aryl methyl sites for hydroxylation is 3. The molecule has 6 nitrogen and oxygen atoms in total. The summed E-state index contributed by atoms with van der Waals surface area (Å²) >= 11 is 0. The molecule has 0 fully saturated rings. The Balaban J connectivity index is 2.66. The lowest BCUT2D eigenvalue weighted by Crippen LogP contribution is -2.37. The van der Waals surface area contributed by atoms with Crippen LogP contribution in [0, 0.1) is 13.8 Å². The van der Waals surface area contributed by atoms with Gasteiger partial charge in [0.15, 0.2) is 11.2 Å². The van der Waals surface area contributed by atoms with Crippen LogP contribution in [0.2, 0.25) is 0 Å². The first kappa shape index (κ1) is 12.5. The predicted molar refractivity (Wildman–Crippen MR) is 77.0 cm³/mol. The first-order chi connectivity index (χ1) is 9.41. The fraction of sp³-hybridized carbons (Fsp3) is 0.286. The van der Waals surface area contributed by atoms with Crippen molar-refractivity contribution >= 4 is 22.2 Å². The minimum atomic E-state index is -0.421. The van der Waals surface area contributed by atoms with E-state index in [-0.39, 0.29) is 5.52 Å². The summed E-state index contributed by atoms with van der Waals surface area (Å²) in [7, 11) is 3.03. The van der Waals surface area contributed by atoms with Gasteiger partial charge in [-0.05, 0) is 31.0 Å². The summed E-state index contributed by atoms with van der Waals surface area (Å²) < 4.78 is 2.40. The van der Waals surface area contributed by atoms with Crippen molar-refractivity contribution in [2.45, 2.75) is 13.8 Å². The number of rotatable bonds is 0. The molecule has 2 heterocycles. The highest BCUT2D eigenvalue weighted by Gasteiger charge is 2.13. The van der Waals surface area contributed by atoms with Crippen LogP contribution < -0.4 is 11.2 Å². The average Bonchev–Trinajstić information content (AvgIpc) is 2.45. The van der Waals surface area contributed by atoms with Gasteiger partial charge in [0.05, 0.1) is 11.0 Å². The molecule has 0 saturated heterocycles. The summed E-state index contributed by atoms with van der Waals surface area (Å²) in [5.74, 6) is 0. The van der Waals surface area contributed by atoms with Gasteiger partial charge in [0.2, 0.25) is 0 Å². The number of fused-ring (bicyclic) bond motifs is 2. The Bertz CT molecular complexity index is 983. The van der Waals surface area contributed by atoms with Crippen molar-refractivity contribution in [3.05, 3.63) is 44.1 Å². The summed E-state index contributed by atoms with van der Waals surface area (Å²) in [5.41, 5.74) is 3.20. The van der Waals surface area contributed by atoms with E-state index in [2.05, 4.69) is 9.97 Å². The SMILES string of the molecule is Cc1ccc2nc3c(=O)n(C)c(=O)n(C)c3nc2c1C. The van der Waals surface area contributed by atoms with Crippen molar-refractivity contribution in [2.24, 2.45) is 14.1 Å². The molecule has 0 unspecified atom stereocenters. The number of hydrogen-bond acceptors (Lipinski definition) is 4. The van der Waals surface area contributed by atoms with Crippen LogP contribution in [0.15, 0.2) is 21.7 Å². The van der Waals surface area contributed by atoms with Crippen molar-refractivity contribution in [2.75, 3.05) is 0 Å². The van der Waals surface area contributed by atoms with Gasteiger partial charge in [-0.1, -0.05) is 6.07 Å². The zero-order valence-corrected chi connectivity index (χ0v) is 11.8. The molecule has 0 amide bonds. The van der Waals surface area contributed by atoms with Crippen LogP contribution in [0.5, 0.6) is 0 Å². The van der Waals surface area contributed by atoms with Gasteiger partial charge < -0.3 is 0 Å². The second-order valence-electron chi connectivity index (χ2n) is 4.98. The fourth-order valence-electron chi connectivity index (χ4n) is 2.29. The van der Waals surface area contributed by atoms with Crippen molar-refractivity contribution in [3.8, 4) is 0 Å². The van der Waals surface area contributed by atoms with Crippen molar-refractivity contribution in [3.63, 3.8) is 0 Å². The minimum Gasteiger partial charge on any atom is -0.279 e. The summed E-state index contributed by atoms with van der Waals surface area (Å²) in [4.78, 5) is 33.0. The molecule has 20 heavy (non-hydrogen) atoms. The van der Waals surface area contributed by atoms with E-state index >= 15 is 0 Å². The lowest BCUT2D eigenvalue weighted by molar-refractivity contribution is 0.706. The molecule has 0 bridgehead atoms. The largest absolute Gasteiger partial charge is 0.332 e. The smallest absolute Gasteiger partial charge is 0.279 e. The quantitative estimate of drug-likeness (QED) is 0.566. The molecular weight excluding hydrogens is 256 g/mol. The molecule has 0 N–H and O–H groups in total. The van der Waals surface area contributed by atoms with Crippen molar-refractivity contribution in [1.29, 1.82) is 0 Å². The van der Waals surface area contributed by atoms with Gasteiger partial charge in [0.25, 0.3) is 5.56 Å². The molecule has 1 aromatic carbocycles. The van der Waals surface area contributed by atoms with E-state index in [1.54, 1.807) is 7.05 Å². The molecule has 0 aliphatic rings. The van der Waals surface area contributed by atoms with E-state index in [1.807, 2.05) is 26.0 Å². The van der Waals surface area contributed by atoms with Crippen LogP contribution in [0.4, 0.5) is 0 Å². The maximum Gasteiger partial charge on any atom is 0.332 e. The van der Waals surface area contributed by atoms with Gasteiger partial charge in [-0.15, -0.1) is 0 Å². The number of benzene rings is 1. The van der Waals surface area contributed by atoms with Crippen LogP contribution in [0.3, 0.4) is 0 Å². The van der Waals surface area contributed by atoms with Crippen LogP contribution >= 0.6 is 0 Å². The molecule has 3 rings (SSSR count). The summed E-state index contributed by atoms with van der Waals surface area (Å²) in [6, 6.07) is 3.79. The molecule has 3 aromatic rings. The fourth-order valence-corrected chi connectivity index (χ4v) is 2.29. The molecule has 102 valence electrons. The molecule has 0 spiro atoms. The average molecular weight is 270 g/mol. The maximum absolute atomic E-state index is 12.1. The highest BCUT2D eigenvalue weighted by Crippen LogP contribution is 2.19. The van der Waals surface area contributed by atoms with Crippen LogP contribution in [-0.2, 0) is 14.1 Å². The number of aromatic nitrogens is 4. The highest BCUT2D eigenvalue weighted by atomic mass is 16.2. The van der Waals surface area contributed by atoms with Gasteiger partial charge in [-0.3, -0.25) is 13.9 Å². The zero-order valence-electron chi connectivity index (χ0n) is 11.8. The van der Waals surface area contributed by atoms with E-state index < -0.39 is 11.2 Å². The Hall–Kier alpha value is -2.50. The Morgan fingerprint density at radius 2 is 1.65 bits per heavy atom. The molecule has 2 aromatic heterocycles. The number of nitrogens with zero attached hydrogens (tertiary/aromatic N) is 4. The van der Waals surface area contributed by atoms with E-state index in [4.69, 9.17) is 0 Å². The third-order valence-electron chi connectivity index (χ3n) is 3.74. The monoisotopic (exact) mass is 270 g/mol. The van der Waals surface area contributed by atoms with Crippen molar-refractivity contribution in [1.82, 2.24) is 19.1 Å². The minimum absolute atomic E-state index is 0.213. The van der Waals surface area contributed by atoms with E-state index in [9.17, 15) is 9.59 Å². The molecule has 0 atom stereocenters. The zero-order chi connectivity index (χ0) is 14.6.